The zero-order valence-electron chi connectivity index (χ0n) is 20.3. The molecule has 2 aromatic rings. The van der Waals surface area contributed by atoms with E-state index >= 15 is 0 Å². The number of rotatable bonds is 9. The molecular weight excluding hydrogens is 527 g/mol. The van der Waals surface area contributed by atoms with Gasteiger partial charge in [0.1, 0.15) is 0 Å². The van der Waals surface area contributed by atoms with Crippen LogP contribution < -0.4 is 16.4 Å². The number of thioether (sulfide) groups is 1. The first-order chi connectivity index (χ1) is 17.4. The lowest BCUT2D eigenvalue weighted by Gasteiger charge is -2.34. The van der Waals surface area contributed by atoms with Crippen LogP contribution in [0.2, 0.25) is 0 Å². The summed E-state index contributed by atoms with van der Waals surface area (Å²) in [5.74, 6) is -1.80. The summed E-state index contributed by atoms with van der Waals surface area (Å²) in [5.41, 5.74) is 4.94. The number of amides is 2. The molecule has 37 heavy (non-hydrogen) atoms. The molecule has 0 spiro atoms. The lowest BCUT2D eigenvalue weighted by atomic mass is 9.78. The van der Waals surface area contributed by atoms with Crippen molar-refractivity contribution >= 4 is 33.4 Å². The van der Waals surface area contributed by atoms with E-state index in [-0.39, 0.29) is 40.6 Å². The Morgan fingerprint density at radius 1 is 1.05 bits per heavy atom. The molecular formula is C25H30F3N3O4S2. The highest BCUT2D eigenvalue weighted by atomic mass is 32.2. The smallest absolute Gasteiger partial charge is 0.354 e. The summed E-state index contributed by atoms with van der Waals surface area (Å²) < 4.78 is 64.7. The third-order valence-electron chi connectivity index (χ3n) is 6.46. The fraction of sp³-hybridized carbons (Fsp3) is 0.440. The monoisotopic (exact) mass is 557 g/mol. The average Bonchev–Trinajstić information content (AvgIpc) is 2.86. The number of halogens is 3. The third-order valence-corrected chi connectivity index (χ3v) is 9.06. The first kappa shape index (κ1) is 29.0. The van der Waals surface area contributed by atoms with Crippen molar-refractivity contribution in [2.75, 3.05) is 25.1 Å². The van der Waals surface area contributed by atoms with Gasteiger partial charge in [-0.3, -0.25) is 9.59 Å². The molecule has 3 atom stereocenters. The number of nitrogens with one attached hydrogen (secondary N) is 2. The molecule has 0 unspecified atom stereocenters. The van der Waals surface area contributed by atoms with Gasteiger partial charge >= 0.3 is 6.18 Å². The first-order valence-electron chi connectivity index (χ1n) is 11.7. The molecule has 2 aromatic carbocycles. The van der Waals surface area contributed by atoms with Gasteiger partial charge in [0.2, 0.25) is 5.91 Å². The number of hydrogen-bond donors (Lipinski definition) is 3. The van der Waals surface area contributed by atoms with E-state index in [1.165, 1.54) is 17.8 Å². The molecule has 4 N–H and O–H groups in total. The van der Waals surface area contributed by atoms with E-state index in [1.54, 1.807) is 24.3 Å². The predicted molar refractivity (Wildman–Crippen MR) is 136 cm³/mol. The lowest BCUT2D eigenvalue weighted by Crippen LogP contribution is -2.44. The van der Waals surface area contributed by atoms with Crippen molar-refractivity contribution in [1.82, 2.24) is 10.6 Å². The van der Waals surface area contributed by atoms with Gasteiger partial charge in [0, 0.05) is 23.0 Å². The van der Waals surface area contributed by atoms with Gasteiger partial charge in [-0.2, -0.15) is 13.2 Å². The molecule has 3 rings (SSSR count). The maximum atomic E-state index is 13.0. The molecule has 1 aliphatic rings. The second-order valence-electron chi connectivity index (χ2n) is 9.12. The Balaban J connectivity index is 1.56. The Kier molecular flexibility index (Phi) is 9.65. The topological polar surface area (TPSA) is 118 Å². The number of sulfone groups is 1. The van der Waals surface area contributed by atoms with Gasteiger partial charge in [-0.1, -0.05) is 6.07 Å². The van der Waals surface area contributed by atoms with E-state index in [1.807, 2.05) is 6.26 Å². The van der Waals surface area contributed by atoms with Gasteiger partial charge in [-0.05, 0) is 79.8 Å². The zero-order valence-corrected chi connectivity index (χ0v) is 21.9. The number of nitrogens with two attached hydrogens (primary N) is 1. The Morgan fingerprint density at radius 2 is 1.76 bits per heavy atom. The minimum atomic E-state index is -4.59. The van der Waals surface area contributed by atoms with Crippen molar-refractivity contribution in [3.05, 3.63) is 59.7 Å². The summed E-state index contributed by atoms with van der Waals surface area (Å²) in [6.07, 6.45) is -0.828. The zero-order chi connectivity index (χ0) is 27.2. The summed E-state index contributed by atoms with van der Waals surface area (Å²) in [6.45, 7) is -0.220. The molecule has 202 valence electrons. The van der Waals surface area contributed by atoms with E-state index in [2.05, 4.69) is 10.6 Å². The molecule has 1 aliphatic carbocycles. The van der Waals surface area contributed by atoms with E-state index in [0.717, 1.165) is 23.1 Å². The molecule has 2 amide bonds. The number of carbonyl (C=O) groups excluding carboxylic acids is 2. The van der Waals surface area contributed by atoms with Crippen LogP contribution in [0.15, 0.2) is 58.3 Å². The van der Waals surface area contributed by atoms with Crippen molar-refractivity contribution in [1.29, 1.82) is 0 Å². The molecule has 0 saturated heterocycles. The normalized spacial score (nSPS) is 20.3. The second kappa shape index (κ2) is 12.3. The van der Waals surface area contributed by atoms with Crippen LogP contribution >= 0.6 is 11.8 Å². The average molecular weight is 558 g/mol. The summed E-state index contributed by atoms with van der Waals surface area (Å²) in [6, 6.07) is 10.5. The van der Waals surface area contributed by atoms with E-state index in [0.29, 0.717) is 19.3 Å². The molecule has 0 radical (unpaired) electrons. The largest absolute Gasteiger partial charge is 0.416 e. The quantitative estimate of drug-likeness (QED) is 0.407. The van der Waals surface area contributed by atoms with Gasteiger partial charge in [0.15, 0.2) is 9.84 Å². The van der Waals surface area contributed by atoms with Crippen molar-refractivity contribution in [3.8, 4) is 0 Å². The number of hydrogen-bond acceptors (Lipinski definition) is 6. The maximum Gasteiger partial charge on any atom is 0.416 e. The third kappa shape index (κ3) is 8.21. The van der Waals surface area contributed by atoms with Crippen molar-refractivity contribution in [2.45, 2.75) is 41.3 Å². The second-order valence-corrected chi connectivity index (χ2v) is 12.0. The van der Waals surface area contributed by atoms with Crippen LogP contribution in [-0.4, -0.2) is 51.4 Å². The molecule has 1 fully saturated rings. The molecule has 7 nitrogen and oxygen atoms in total. The highest BCUT2D eigenvalue weighted by molar-refractivity contribution is 7.98. The number of carbonyl (C=O) groups is 2. The summed E-state index contributed by atoms with van der Waals surface area (Å²) in [5, 5.41) is 5.02. The van der Waals surface area contributed by atoms with Crippen LogP contribution in [0.1, 0.15) is 35.2 Å². The molecule has 0 aromatic heterocycles. The fourth-order valence-electron chi connectivity index (χ4n) is 4.40. The van der Waals surface area contributed by atoms with Crippen LogP contribution in [0.4, 0.5) is 13.2 Å². The molecule has 0 heterocycles. The standard InChI is InChI=1S/C25H30F3N3O4S2/c1-36-21-7-9-22(10-8-21)37(34,35)15-18-12-20(29)6-5-17(18)13-30-23(32)14-31-24(33)16-3-2-4-19(11-16)25(26,27)28/h2-4,7-11,17-18,20H,5-6,12-15,29H2,1H3,(H,30,32)(H,31,33)/t17-,18+,20-/m1/s1. The Labute approximate surface area is 218 Å². The number of benzene rings is 2. The van der Waals surface area contributed by atoms with Crippen LogP contribution in [-0.2, 0) is 20.8 Å². The highest BCUT2D eigenvalue weighted by Gasteiger charge is 2.33. The van der Waals surface area contributed by atoms with Gasteiger partial charge in [0.05, 0.1) is 22.8 Å². The minimum Gasteiger partial charge on any atom is -0.354 e. The predicted octanol–water partition coefficient (Wildman–Crippen LogP) is 3.49. The summed E-state index contributed by atoms with van der Waals surface area (Å²) in [4.78, 5) is 25.7. The van der Waals surface area contributed by atoms with Crippen LogP contribution in [0, 0.1) is 11.8 Å². The van der Waals surface area contributed by atoms with Crippen molar-refractivity contribution < 1.29 is 31.2 Å². The van der Waals surface area contributed by atoms with Crippen molar-refractivity contribution in [2.24, 2.45) is 17.6 Å². The number of alkyl halides is 3. The molecule has 0 bridgehead atoms. The van der Waals surface area contributed by atoms with Gasteiger partial charge < -0.3 is 16.4 Å². The Hall–Kier alpha value is -2.57. The van der Waals surface area contributed by atoms with E-state index in [4.69, 9.17) is 5.73 Å². The SMILES string of the molecule is CSc1ccc(S(=O)(=O)C[C@@H]2C[C@H](N)CC[C@@H]2CNC(=O)CNC(=O)c2cccc(C(F)(F)F)c2)cc1. The van der Waals surface area contributed by atoms with Crippen LogP contribution in [0.5, 0.6) is 0 Å². The van der Waals surface area contributed by atoms with Crippen LogP contribution in [0.3, 0.4) is 0 Å². The molecule has 12 heteroatoms. The van der Waals surface area contributed by atoms with Gasteiger partial charge in [-0.25, -0.2) is 8.42 Å². The van der Waals surface area contributed by atoms with Gasteiger partial charge in [0.25, 0.3) is 5.91 Å². The van der Waals surface area contributed by atoms with E-state index < -0.39 is 39.9 Å². The fourth-order valence-corrected chi connectivity index (χ4v) is 6.53. The Morgan fingerprint density at radius 3 is 2.41 bits per heavy atom. The Bertz CT molecular complexity index is 1200. The summed E-state index contributed by atoms with van der Waals surface area (Å²) in [7, 11) is -3.56. The first-order valence-corrected chi connectivity index (χ1v) is 14.6. The van der Waals surface area contributed by atoms with E-state index in [9.17, 15) is 31.2 Å². The minimum absolute atomic E-state index is 0.0911. The summed E-state index contributed by atoms with van der Waals surface area (Å²) >= 11 is 1.52. The highest BCUT2D eigenvalue weighted by Crippen LogP contribution is 2.32. The maximum absolute atomic E-state index is 13.0. The molecule has 1 saturated carbocycles. The van der Waals surface area contributed by atoms with Crippen molar-refractivity contribution in [3.63, 3.8) is 0 Å². The lowest BCUT2D eigenvalue weighted by molar-refractivity contribution is -0.137. The molecule has 0 aliphatic heterocycles. The van der Waals surface area contributed by atoms with Crippen LogP contribution in [0.25, 0.3) is 0 Å². The van der Waals surface area contributed by atoms with Gasteiger partial charge in [-0.15, -0.1) is 11.8 Å².